The van der Waals surface area contributed by atoms with E-state index in [2.05, 4.69) is 0 Å². The molecule has 0 aliphatic heterocycles. The molecule has 3 heteroatoms. The number of ether oxygens (including phenoxy) is 1. The van der Waals surface area contributed by atoms with E-state index in [9.17, 15) is 0 Å². The van der Waals surface area contributed by atoms with E-state index >= 15 is 0 Å². The zero-order chi connectivity index (χ0) is 7.11. The van der Waals surface area contributed by atoms with Gasteiger partial charge in [-0.05, 0) is 6.42 Å². The van der Waals surface area contributed by atoms with Crippen molar-refractivity contribution in [1.82, 2.24) is 0 Å². The molecule has 0 saturated heterocycles. The van der Waals surface area contributed by atoms with Gasteiger partial charge in [0.25, 0.3) is 0 Å². The van der Waals surface area contributed by atoms with Crippen LogP contribution in [0, 0.1) is 0 Å². The van der Waals surface area contributed by atoms with Crippen molar-refractivity contribution in [3.63, 3.8) is 0 Å². The van der Waals surface area contributed by atoms with Crippen LogP contribution in [0.1, 0.15) is 13.3 Å². The fraction of sp³-hybridized carbons (Fsp3) is 1.00. The summed E-state index contributed by atoms with van der Waals surface area (Å²) < 4.78 is 5.07. The summed E-state index contributed by atoms with van der Waals surface area (Å²) in [5, 5.41) is 0.146. The minimum Gasteiger partial charge on any atom is -0.379 e. The second kappa shape index (κ2) is 6.66. The summed E-state index contributed by atoms with van der Waals surface area (Å²) in [6.45, 7) is 3.25. The molecule has 1 nitrogen and oxygen atoms in total. The van der Waals surface area contributed by atoms with Crippen LogP contribution in [-0.2, 0) is 4.74 Å². The first-order chi connectivity index (χ1) is 4.31. The van der Waals surface area contributed by atoms with Crippen molar-refractivity contribution in [3.05, 3.63) is 0 Å². The number of rotatable bonds is 5. The second-order valence-corrected chi connectivity index (χ2v) is 2.76. The minimum absolute atomic E-state index is 0.146. The van der Waals surface area contributed by atoms with E-state index in [4.69, 9.17) is 27.9 Å². The largest absolute Gasteiger partial charge is 0.379 e. The molecule has 0 bridgehead atoms. The third kappa shape index (κ3) is 6.42. The highest BCUT2D eigenvalue weighted by Gasteiger charge is 1.98. The topological polar surface area (TPSA) is 9.23 Å². The Balaban J connectivity index is 2.88. The van der Waals surface area contributed by atoms with Crippen LogP contribution in [0.25, 0.3) is 0 Å². The average Bonchev–Trinajstić information content (AvgIpc) is 1.89. The van der Waals surface area contributed by atoms with Crippen LogP contribution in [0.5, 0.6) is 0 Å². The predicted molar refractivity (Wildman–Crippen MR) is 41.5 cm³/mol. The van der Waals surface area contributed by atoms with E-state index in [0.29, 0.717) is 19.1 Å². The number of hydrogen-bond acceptors (Lipinski definition) is 1. The Kier molecular flexibility index (Phi) is 7.06. The highest BCUT2D eigenvalue weighted by atomic mass is 35.5. The Morgan fingerprint density at radius 1 is 1.56 bits per heavy atom. The van der Waals surface area contributed by atoms with Crippen molar-refractivity contribution in [2.75, 3.05) is 19.1 Å². The van der Waals surface area contributed by atoms with E-state index < -0.39 is 0 Å². The standard InChI is InChI=1S/C6H12Cl2O/c1-2-6(8)5-9-4-3-7/h6H,2-5H2,1H3. The monoisotopic (exact) mass is 170 g/mol. The highest BCUT2D eigenvalue weighted by Crippen LogP contribution is 2.00. The van der Waals surface area contributed by atoms with Crippen molar-refractivity contribution in [2.24, 2.45) is 0 Å². The molecule has 0 N–H and O–H groups in total. The lowest BCUT2D eigenvalue weighted by Gasteiger charge is -2.04. The minimum atomic E-state index is 0.146. The zero-order valence-corrected chi connectivity index (χ0v) is 7.08. The van der Waals surface area contributed by atoms with Gasteiger partial charge < -0.3 is 4.74 Å². The van der Waals surface area contributed by atoms with Crippen molar-refractivity contribution in [3.8, 4) is 0 Å². The van der Waals surface area contributed by atoms with Crippen molar-refractivity contribution in [1.29, 1.82) is 0 Å². The first kappa shape index (κ1) is 9.54. The van der Waals surface area contributed by atoms with Crippen LogP contribution >= 0.6 is 23.2 Å². The van der Waals surface area contributed by atoms with Gasteiger partial charge in [-0.15, -0.1) is 23.2 Å². The van der Waals surface area contributed by atoms with Crippen LogP contribution in [0.15, 0.2) is 0 Å². The number of hydrogen-bond donors (Lipinski definition) is 0. The molecule has 0 spiro atoms. The van der Waals surface area contributed by atoms with Gasteiger partial charge in [0.2, 0.25) is 0 Å². The summed E-state index contributed by atoms with van der Waals surface area (Å²) in [5.41, 5.74) is 0. The Labute approximate surface area is 66.3 Å². The molecule has 0 saturated carbocycles. The molecule has 0 aromatic rings. The smallest absolute Gasteiger partial charge is 0.0630 e. The van der Waals surface area contributed by atoms with E-state index in [1.54, 1.807) is 0 Å². The predicted octanol–water partition coefficient (Wildman–Crippen LogP) is 2.26. The SMILES string of the molecule is CCC(Cl)COCCCl. The maximum absolute atomic E-state index is 5.73. The summed E-state index contributed by atoms with van der Waals surface area (Å²) in [5.74, 6) is 0.549. The van der Waals surface area contributed by atoms with Crippen molar-refractivity contribution >= 4 is 23.2 Å². The van der Waals surface area contributed by atoms with Gasteiger partial charge in [0.1, 0.15) is 0 Å². The normalized spacial score (nSPS) is 13.7. The van der Waals surface area contributed by atoms with Crippen molar-refractivity contribution < 1.29 is 4.74 Å². The molecule has 0 amide bonds. The molecule has 9 heavy (non-hydrogen) atoms. The zero-order valence-electron chi connectivity index (χ0n) is 5.57. The first-order valence-electron chi connectivity index (χ1n) is 3.09. The number of alkyl halides is 2. The maximum Gasteiger partial charge on any atom is 0.0630 e. The van der Waals surface area contributed by atoms with Gasteiger partial charge in [-0.2, -0.15) is 0 Å². The van der Waals surface area contributed by atoms with E-state index in [1.807, 2.05) is 6.92 Å². The maximum atomic E-state index is 5.73. The molecule has 1 unspecified atom stereocenters. The molecular weight excluding hydrogens is 159 g/mol. The molecule has 0 aromatic carbocycles. The lowest BCUT2D eigenvalue weighted by molar-refractivity contribution is 0.148. The summed E-state index contributed by atoms with van der Waals surface area (Å²) in [6, 6.07) is 0. The molecule has 0 heterocycles. The van der Waals surface area contributed by atoms with Gasteiger partial charge in [-0.1, -0.05) is 6.92 Å². The lowest BCUT2D eigenvalue weighted by atomic mass is 10.3. The average molecular weight is 171 g/mol. The summed E-state index contributed by atoms with van der Waals surface area (Å²) in [6.07, 6.45) is 0.948. The molecule has 0 aliphatic carbocycles. The van der Waals surface area contributed by atoms with Crippen LogP contribution in [0.4, 0.5) is 0 Å². The molecule has 0 aromatic heterocycles. The van der Waals surface area contributed by atoms with Gasteiger partial charge in [0.05, 0.1) is 18.6 Å². The third-order valence-electron chi connectivity index (χ3n) is 0.963. The molecule has 0 aliphatic rings. The molecule has 0 fully saturated rings. The Morgan fingerprint density at radius 3 is 2.67 bits per heavy atom. The van der Waals surface area contributed by atoms with Gasteiger partial charge in [0, 0.05) is 5.88 Å². The van der Waals surface area contributed by atoms with Gasteiger partial charge >= 0.3 is 0 Å². The van der Waals surface area contributed by atoms with Crippen LogP contribution in [0.3, 0.4) is 0 Å². The first-order valence-corrected chi connectivity index (χ1v) is 4.06. The summed E-state index contributed by atoms with van der Waals surface area (Å²) in [4.78, 5) is 0. The third-order valence-corrected chi connectivity index (χ3v) is 1.55. The van der Waals surface area contributed by atoms with Crippen molar-refractivity contribution in [2.45, 2.75) is 18.7 Å². The molecule has 0 rings (SSSR count). The van der Waals surface area contributed by atoms with Crippen LogP contribution < -0.4 is 0 Å². The Bertz CT molecular complexity index is 59.0. The van der Waals surface area contributed by atoms with E-state index in [1.165, 1.54) is 0 Å². The fourth-order valence-electron chi connectivity index (χ4n) is 0.384. The van der Waals surface area contributed by atoms with Gasteiger partial charge in [0.15, 0.2) is 0 Å². The van der Waals surface area contributed by atoms with E-state index in [-0.39, 0.29) is 5.38 Å². The van der Waals surface area contributed by atoms with Crippen LogP contribution in [0.2, 0.25) is 0 Å². The summed E-state index contributed by atoms with van der Waals surface area (Å²) in [7, 11) is 0. The summed E-state index contributed by atoms with van der Waals surface area (Å²) >= 11 is 11.1. The molecular formula is C6H12Cl2O. The number of halogens is 2. The van der Waals surface area contributed by atoms with Gasteiger partial charge in [-0.25, -0.2) is 0 Å². The Morgan fingerprint density at radius 2 is 2.22 bits per heavy atom. The Hall–Kier alpha value is 0.540. The quantitative estimate of drug-likeness (QED) is 0.455. The van der Waals surface area contributed by atoms with Crippen LogP contribution in [-0.4, -0.2) is 24.5 Å². The molecule has 0 radical (unpaired) electrons. The highest BCUT2D eigenvalue weighted by molar-refractivity contribution is 6.20. The lowest BCUT2D eigenvalue weighted by Crippen LogP contribution is -2.08. The molecule has 56 valence electrons. The second-order valence-electron chi connectivity index (χ2n) is 1.77. The fourth-order valence-corrected chi connectivity index (χ4v) is 0.582. The van der Waals surface area contributed by atoms with Gasteiger partial charge in [-0.3, -0.25) is 0 Å². The molecule has 1 atom stereocenters. The van der Waals surface area contributed by atoms with E-state index in [0.717, 1.165) is 6.42 Å².